The van der Waals surface area contributed by atoms with Gasteiger partial charge in [-0.2, -0.15) is 0 Å². The maximum atomic E-state index is 6.12. The van der Waals surface area contributed by atoms with Crippen molar-refractivity contribution in [1.29, 1.82) is 0 Å². The summed E-state index contributed by atoms with van der Waals surface area (Å²) >= 11 is 6.12. The summed E-state index contributed by atoms with van der Waals surface area (Å²) in [5.74, 6) is 0. The van der Waals surface area contributed by atoms with Crippen molar-refractivity contribution in [3.63, 3.8) is 0 Å². The second-order valence-electron chi connectivity index (χ2n) is 4.86. The average Bonchev–Trinajstić information content (AvgIpc) is 2.16. The van der Waals surface area contributed by atoms with E-state index in [0.29, 0.717) is 5.41 Å². The molecule has 0 aliphatic rings. The van der Waals surface area contributed by atoms with Gasteiger partial charge in [0.1, 0.15) is 0 Å². The molecule has 0 saturated carbocycles. The largest absolute Gasteiger partial charge is 0.0840 e. The standard InChI is InChI=1S/C14H20Cl/c1-4-10-14(2,3)11-9-12-7-5-6-8-13(12)15/h5-8H,1,4,9-11H2,2-3H3. The van der Waals surface area contributed by atoms with E-state index in [9.17, 15) is 0 Å². The zero-order valence-corrected chi connectivity index (χ0v) is 10.5. The summed E-state index contributed by atoms with van der Waals surface area (Å²) < 4.78 is 0. The molecule has 0 aliphatic carbocycles. The van der Waals surface area contributed by atoms with Crippen molar-refractivity contribution in [2.45, 2.75) is 39.5 Å². The Labute approximate surface area is 98.7 Å². The molecule has 0 atom stereocenters. The van der Waals surface area contributed by atoms with Gasteiger partial charge in [-0.05, 0) is 36.3 Å². The molecule has 1 aromatic carbocycles. The van der Waals surface area contributed by atoms with Crippen molar-refractivity contribution in [2.24, 2.45) is 5.41 Å². The van der Waals surface area contributed by atoms with Crippen LogP contribution in [0.2, 0.25) is 5.02 Å². The van der Waals surface area contributed by atoms with Gasteiger partial charge in [0.2, 0.25) is 0 Å². The SMILES string of the molecule is [CH2]CCC(C)(C)CCc1ccccc1Cl. The monoisotopic (exact) mass is 223 g/mol. The van der Waals surface area contributed by atoms with Crippen molar-refractivity contribution in [1.82, 2.24) is 0 Å². The lowest BCUT2D eigenvalue weighted by Crippen LogP contribution is -2.12. The topological polar surface area (TPSA) is 0 Å². The Morgan fingerprint density at radius 1 is 1.20 bits per heavy atom. The first-order valence-corrected chi connectivity index (χ1v) is 5.95. The summed E-state index contributed by atoms with van der Waals surface area (Å²) in [6.07, 6.45) is 4.42. The molecular formula is C14H20Cl. The van der Waals surface area contributed by atoms with Gasteiger partial charge in [-0.25, -0.2) is 0 Å². The molecule has 0 heterocycles. The lowest BCUT2D eigenvalue weighted by Gasteiger charge is -2.24. The molecule has 0 N–H and O–H groups in total. The van der Waals surface area contributed by atoms with E-state index < -0.39 is 0 Å². The fourth-order valence-electron chi connectivity index (χ4n) is 1.78. The van der Waals surface area contributed by atoms with Crippen LogP contribution in [-0.2, 0) is 6.42 Å². The molecule has 0 fully saturated rings. The van der Waals surface area contributed by atoms with E-state index in [0.717, 1.165) is 17.9 Å². The van der Waals surface area contributed by atoms with Crippen LogP contribution in [-0.4, -0.2) is 0 Å². The van der Waals surface area contributed by atoms with Crippen molar-refractivity contribution < 1.29 is 0 Å². The van der Waals surface area contributed by atoms with Gasteiger partial charge in [-0.1, -0.05) is 57.0 Å². The minimum absolute atomic E-state index is 0.376. The van der Waals surface area contributed by atoms with Gasteiger partial charge in [0.25, 0.3) is 0 Å². The summed E-state index contributed by atoms with van der Waals surface area (Å²) in [6.45, 7) is 8.52. The maximum Gasteiger partial charge on any atom is 0.0437 e. The summed E-state index contributed by atoms with van der Waals surface area (Å²) in [5.41, 5.74) is 1.64. The quantitative estimate of drug-likeness (QED) is 0.665. The third-order valence-electron chi connectivity index (χ3n) is 2.88. The molecule has 1 heteroatoms. The van der Waals surface area contributed by atoms with Crippen LogP contribution in [0.15, 0.2) is 24.3 Å². The Hall–Kier alpha value is -0.490. The van der Waals surface area contributed by atoms with Crippen LogP contribution >= 0.6 is 11.6 Å². The van der Waals surface area contributed by atoms with Crippen molar-refractivity contribution in [3.8, 4) is 0 Å². The smallest absolute Gasteiger partial charge is 0.0437 e. The van der Waals surface area contributed by atoms with Crippen LogP contribution in [0.1, 0.15) is 38.7 Å². The maximum absolute atomic E-state index is 6.12. The third-order valence-corrected chi connectivity index (χ3v) is 3.25. The molecule has 0 aliphatic heterocycles. The van der Waals surface area contributed by atoms with Crippen molar-refractivity contribution in [2.75, 3.05) is 0 Å². The first kappa shape index (κ1) is 12.6. The van der Waals surface area contributed by atoms with Crippen molar-refractivity contribution in [3.05, 3.63) is 41.8 Å². The lowest BCUT2D eigenvalue weighted by molar-refractivity contribution is 0.310. The van der Waals surface area contributed by atoms with Gasteiger partial charge >= 0.3 is 0 Å². The summed E-state index contributed by atoms with van der Waals surface area (Å²) in [7, 11) is 0. The van der Waals surface area contributed by atoms with Crippen LogP contribution in [0.3, 0.4) is 0 Å². The highest BCUT2D eigenvalue weighted by molar-refractivity contribution is 6.31. The number of benzene rings is 1. The Balaban J connectivity index is 2.53. The number of rotatable bonds is 5. The highest BCUT2D eigenvalue weighted by Crippen LogP contribution is 2.29. The lowest BCUT2D eigenvalue weighted by atomic mass is 9.82. The molecule has 0 aromatic heterocycles. The summed E-state index contributed by atoms with van der Waals surface area (Å²) in [4.78, 5) is 0. The first-order chi connectivity index (χ1) is 7.05. The predicted octanol–water partition coefficient (Wildman–Crippen LogP) is 4.91. The van der Waals surface area contributed by atoms with E-state index in [2.05, 4.69) is 32.9 Å². The van der Waals surface area contributed by atoms with Crippen LogP contribution in [0.5, 0.6) is 0 Å². The van der Waals surface area contributed by atoms with Crippen LogP contribution in [0.25, 0.3) is 0 Å². The average molecular weight is 224 g/mol. The number of aryl methyl sites for hydroxylation is 1. The minimum atomic E-state index is 0.376. The fraction of sp³-hybridized carbons (Fsp3) is 0.500. The van der Waals surface area contributed by atoms with E-state index in [1.807, 2.05) is 12.1 Å². The molecule has 1 rings (SSSR count). The molecule has 0 nitrogen and oxygen atoms in total. The van der Waals surface area contributed by atoms with E-state index in [4.69, 9.17) is 11.6 Å². The first-order valence-electron chi connectivity index (χ1n) is 5.58. The summed E-state index contributed by atoms with van der Waals surface area (Å²) in [5, 5.41) is 0.892. The number of hydrogen-bond acceptors (Lipinski definition) is 0. The molecule has 1 aromatic rings. The number of halogens is 1. The Kier molecular flexibility index (Phi) is 4.66. The second kappa shape index (κ2) is 5.55. The minimum Gasteiger partial charge on any atom is -0.0840 e. The Morgan fingerprint density at radius 2 is 1.87 bits per heavy atom. The molecule has 0 saturated heterocycles. The third kappa shape index (κ3) is 4.25. The Bertz CT molecular complexity index is 302. The van der Waals surface area contributed by atoms with E-state index in [-0.39, 0.29) is 0 Å². The van der Waals surface area contributed by atoms with Crippen LogP contribution in [0.4, 0.5) is 0 Å². The molecule has 0 amide bonds. The Morgan fingerprint density at radius 3 is 2.47 bits per heavy atom. The van der Waals surface area contributed by atoms with E-state index in [1.54, 1.807) is 0 Å². The zero-order chi connectivity index (χ0) is 11.3. The van der Waals surface area contributed by atoms with Gasteiger partial charge in [0.15, 0.2) is 0 Å². The van der Waals surface area contributed by atoms with E-state index in [1.165, 1.54) is 18.4 Å². The van der Waals surface area contributed by atoms with Crippen LogP contribution < -0.4 is 0 Å². The predicted molar refractivity (Wildman–Crippen MR) is 68.1 cm³/mol. The zero-order valence-electron chi connectivity index (χ0n) is 9.72. The normalized spacial score (nSPS) is 11.7. The van der Waals surface area contributed by atoms with Gasteiger partial charge in [-0.15, -0.1) is 0 Å². The van der Waals surface area contributed by atoms with E-state index >= 15 is 0 Å². The van der Waals surface area contributed by atoms with Crippen molar-refractivity contribution >= 4 is 11.6 Å². The van der Waals surface area contributed by atoms with Gasteiger partial charge < -0.3 is 0 Å². The number of hydrogen-bond donors (Lipinski definition) is 0. The van der Waals surface area contributed by atoms with Gasteiger partial charge in [0.05, 0.1) is 0 Å². The highest BCUT2D eigenvalue weighted by atomic mass is 35.5. The molecule has 15 heavy (non-hydrogen) atoms. The van der Waals surface area contributed by atoms with Gasteiger partial charge in [-0.3, -0.25) is 0 Å². The highest BCUT2D eigenvalue weighted by Gasteiger charge is 2.16. The van der Waals surface area contributed by atoms with Gasteiger partial charge in [0, 0.05) is 5.02 Å². The molecule has 0 unspecified atom stereocenters. The molecule has 1 radical (unpaired) electrons. The van der Waals surface area contributed by atoms with Crippen LogP contribution in [0, 0.1) is 12.3 Å². The fourth-order valence-corrected chi connectivity index (χ4v) is 2.01. The molecule has 0 spiro atoms. The molecule has 83 valence electrons. The molecular weight excluding hydrogens is 204 g/mol. The molecule has 0 bridgehead atoms. The second-order valence-corrected chi connectivity index (χ2v) is 5.27. The summed E-state index contributed by atoms with van der Waals surface area (Å²) in [6, 6.07) is 8.11.